The third kappa shape index (κ3) is 3.15. The molecule has 1 heterocycles. The second-order valence-electron chi connectivity index (χ2n) is 6.17. The summed E-state index contributed by atoms with van der Waals surface area (Å²) in [6, 6.07) is 17.9. The summed E-state index contributed by atoms with van der Waals surface area (Å²) < 4.78 is 32.2. The van der Waals surface area contributed by atoms with Gasteiger partial charge in [0.2, 0.25) is 9.84 Å². The fourth-order valence-electron chi connectivity index (χ4n) is 3.07. The first kappa shape index (κ1) is 17.5. The fraction of sp³-hybridized carbons (Fsp3) is 0.150. The van der Waals surface area contributed by atoms with Gasteiger partial charge < -0.3 is 10.1 Å². The van der Waals surface area contributed by atoms with E-state index < -0.39 is 9.84 Å². The summed E-state index contributed by atoms with van der Waals surface area (Å²) >= 11 is 0. The van der Waals surface area contributed by atoms with Crippen LogP contribution in [0.1, 0.15) is 0 Å². The number of ether oxygens (including phenoxy) is 1. The molecule has 138 valence electrons. The standard InChI is InChI=1S/C20H19N3O3S/c1-21-11-12-26-15-9-10-17-18(13-15)22-23-20(17)27(24,25)19-8-4-6-14-5-2-3-7-16(14)19/h2-10,13,21H,11-12H2,1H3,(H,22,23). The van der Waals surface area contributed by atoms with Crippen molar-refractivity contribution in [2.45, 2.75) is 9.92 Å². The number of hydrogen-bond acceptors (Lipinski definition) is 5. The predicted octanol–water partition coefficient (Wildman–Crippen LogP) is 3.15. The van der Waals surface area contributed by atoms with Gasteiger partial charge in [-0.1, -0.05) is 36.4 Å². The summed E-state index contributed by atoms with van der Waals surface area (Å²) in [5.74, 6) is 0.663. The van der Waals surface area contributed by atoms with Crippen molar-refractivity contribution in [2.75, 3.05) is 20.2 Å². The molecule has 3 aromatic carbocycles. The smallest absolute Gasteiger partial charge is 0.226 e. The van der Waals surface area contributed by atoms with E-state index in [4.69, 9.17) is 4.74 Å². The number of fused-ring (bicyclic) bond motifs is 2. The zero-order chi connectivity index (χ0) is 18.9. The number of aromatic nitrogens is 2. The van der Waals surface area contributed by atoms with Gasteiger partial charge in [-0.25, -0.2) is 8.42 Å². The molecule has 0 saturated carbocycles. The molecule has 27 heavy (non-hydrogen) atoms. The lowest BCUT2D eigenvalue weighted by Crippen LogP contribution is -2.15. The molecule has 2 N–H and O–H groups in total. The van der Waals surface area contributed by atoms with Crippen molar-refractivity contribution in [1.82, 2.24) is 15.5 Å². The van der Waals surface area contributed by atoms with Crippen molar-refractivity contribution in [3.8, 4) is 5.75 Å². The van der Waals surface area contributed by atoms with E-state index in [1.54, 1.807) is 30.3 Å². The van der Waals surface area contributed by atoms with Crippen LogP contribution in [0.2, 0.25) is 0 Å². The van der Waals surface area contributed by atoms with E-state index in [9.17, 15) is 8.42 Å². The molecule has 0 fully saturated rings. The van der Waals surface area contributed by atoms with Crippen LogP contribution in [0.25, 0.3) is 21.7 Å². The van der Waals surface area contributed by atoms with E-state index in [0.29, 0.717) is 28.6 Å². The Kier molecular flexibility index (Phi) is 4.55. The molecule has 4 aromatic rings. The summed E-state index contributed by atoms with van der Waals surface area (Å²) in [6.07, 6.45) is 0. The Hall–Kier alpha value is -2.90. The number of nitrogens with one attached hydrogen (secondary N) is 2. The molecule has 0 spiro atoms. The molecular formula is C20H19N3O3S. The monoisotopic (exact) mass is 381 g/mol. The number of nitrogens with zero attached hydrogens (tertiary/aromatic N) is 1. The van der Waals surface area contributed by atoms with Gasteiger partial charge in [0, 0.05) is 23.4 Å². The Morgan fingerprint density at radius 2 is 1.85 bits per heavy atom. The number of aromatic amines is 1. The van der Waals surface area contributed by atoms with Crippen molar-refractivity contribution < 1.29 is 13.2 Å². The summed E-state index contributed by atoms with van der Waals surface area (Å²) in [5.41, 5.74) is 0.621. The molecular weight excluding hydrogens is 362 g/mol. The van der Waals surface area contributed by atoms with Gasteiger partial charge in [-0.05, 0) is 30.6 Å². The molecule has 1 aromatic heterocycles. The quantitative estimate of drug-likeness (QED) is 0.501. The SMILES string of the molecule is CNCCOc1ccc2c(S(=O)(=O)c3cccc4ccccc34)n[nH]c2c1. The fourth-order valence-corrected chi connectivity index (χ4v) is 4.65. The Balaban J connectivity index is 1.79. The summed E-state index contributed by atoms with van der Waals surface area (Å²) in [4.78, 5) is 0.253. The van der Waals surface area contributed by atoms with Crippen LogP contribution in [0.5, 0.6) is 5.75 Å². The Bertz CT molecular complexity index is 1210. The van der Waals surface area contributed by atoms with Gasteiger partial charge in [0.15, 0.2) is 5.03 Å². The maximum absolute atomic E-state index is 13.3. The molecule has 6 nitrogen and oxygen atoms in total. The molecule has 0 amide bonds. The second-order valence-corrected chi connectivity index (χ2v) is 8.00. The highest BCUT2D eigenvalue weighted by Gasteiger charge is 2.25. The van der Waals surface area contributed by atoms with Gasteiger partial charge in [0.05, 0.1) is 10.4 Å². The van der Waals surface area contributed by atoms with E-state index in [1.165, 1.54) is 0 Å². The van der Waals surface area contributed by atoms with E-state index in [2.05, 4.69) is 15.5 Å². The van der Waals surface area contributed by atoms with Crippen LogP contribution in [0.4, 0.5) is 0 Å². The molecule has 0 aliphatic heterocycles. The molecule has 0 atom stereocenters. The first-order valence-corrected chi connectivity index (χ1v) is 10.1. The molecule has 0 aliphatic rings. The van der Waals surface area contributed by atoms with Gasteiger partial charge in [-0.3, -0.25) is 5.10 Å². The van der Waals surface area contributed by atoms with Crippen LogP contribution in [0, 0.1) is 0 Å². The zero-order valence-corrected chi connectivity index (χ0v) is 15.6. The van der Waals surface area contributed by atoms with E-state index in [0.717, 1.165) is 11.9 Å². The van der Waals surface area contributed by atoms with Crippen LogP contribution in [0.3, 0.4) is 0 Å². The van der Waals surface area contributed by atoms with Gasteiger partial charge >= 0.3 is 0 Å². The Labute approximate surface area is 157 Å². The molecule has 0 unspecified atom stereocenters. The van der Waals surface area contributed by atoms with Crippen molar-refractivity contribution in [2.24, 2.45) is 0 Å². The Morgan fingerprint density at radius 3 is 2.70 bits per heavy atom. The van der Waals surface area contributed by atoms with Crippen LogP contribution in [-0.2, 0) is 9.84 Å². The first-order chi connectivity index (χ1) is 13.1. The summed E-state index contributed by atoms with van der Waals surface area (Å²) in [7, 11) is -1.92. The van der Waals surface area contributed by atoms with Gasteiger partial charge in [0.1, 0.15) is 12.4 Å². The van der Waals surface area contributed by atoms with Gasteiger partial charge in [-0.15, -0.1) is 0 Å². The van der Waals surface area contributed by atoms with Crippen LogP contribution < -0.4 is 10.1 Å². The van der Waals surface area contributed by atoms with E-state index in [1.807, 2.05) is 37.4 Å². The highest BCUT2D eigenvalue weighted by Crippen LogP contribution is 2.32. The van der Waals surface area contributed by atoms with Crippen molar-refractivity contribution in [3.05, 3.63) is 60.7 Å². The minimum atomic E-state index is -3.78. The van der Waals surface area contributed by atoms with Crippen LogP contribution in [-0.4, -0.2) is 38.8 Å². The maximum atomic E-state index is 13.3. The summed E-state index contributed by atoms with van der Waals surface area (Å²) in [6.45, 7) is 1.25. The highest BCUT2D eigenvalue weighted by molar-refractivity contribution is 7.91. The number of hydrogen-bond donors (Lipinski definition) is 2. The molecule has 0 aliphatic carbocycles. The topological polar surface area (TPSA) is 84.1 Å². The highest BCUT2D eigenvalue weighted by atomic mass is 32.2. The molecule has 4 rings (SSSR count). The zero-order valence-electron chi connectivity index (χ0n) is 14.8. The van der Waals surface area contributed by atoms with Gasteiger partial charge in [-0.2, -0.15) is 5.10 Å². The van der Waals surface area contributed by atoms with Crippen molar-refractivity contribution in [1.29, 1.82) is 0 Å². The lowest BCUT2D eigenvalue weighted by molar-refractivity contribution is 0.319. The number of H-pyrrole nitrogens is 1. The normalized spacial score (nSPS) is 11.9. The molecule has 0 saturated heterocycles. The third-order valence-corrected chi connectivity index (χ3v) is 6.17. The minimum Gasteiger partial charge on any atom is -0.492 e. The first-order valence-electron chi connectivity index (χ1n) is 8.59. The van der Waals surface area contributed by atoms with Crippen molar-refractivity contribution >= 4 is 31.5 Å². The average Bonchev–Trinajstić information content (AvgIpc) is 3.12. The number of likely N-dealkylation sites (N-methyl/N-ethyl adjacent to an activating group) is 1. The summed E-state index contributed by atoms with van der Waals surface area (Å²) in [5, 5.41) is 12.1. The lowest BCUT2D eigenvalue weighted by Gasteiger charge is -2.07. The number of sulfone groups is 1. The molecule has 0 bridgehead atoms. The predicted molar refractivity (Wildman–Crippen MR) is 105 cm³/mol. The van der Waals surface area contributed by atoms with Crippen LogP contribution >= 0.6 is 0 Å². The lowest BCUT2D eigenvalue weighted by atomic mass is 10.1. The largest absolute Gasteiger partial charge is 0.492 e. The number of benzene rings is 3. The maximum Gasteiger partial charge on any atom is 0.226 e. The second kappa shape index (κ2) is 7.02. The van der Waals surface area contributed by atoms with Crippen molar-refractivity contribution in [3.63, 3.8) is 0 Å². The van der Waals surface area contributed by atoms with Crippen LogP contribution in [0.15, 0.2) is 70.6 Å². The number of rotatable bonds is 6. The molecule has 0 radical (unpaired) electrons. The minimum absolute atomic E-state index is 0.0237. The molecule has 7 heteroatoms. The Morgan fingerprint density at radius 1 is 1.04 bits per heavy atom. The van der Waals surface area contributed by atoms with E-state index >= 15 is 0 Å². The third-order valence-electron chi connectivity index (χ3n) is 4.41. The average molecular weight is 381 g/mol. The van der Waals surface area contributed by atoms with E-state index in [-0.39, 0.29) is 9.92 Å². The van der Waals surface area contributed by atoms with Gasteiger partial charge in [0.25, 0.3) is 0 Å².